The summed E-state index contributed by atoms with van der Waals surface area (Å²) in [5.41, 5.74) is 5.35. The summed E-state index contributed by atoms with van der Waals surface area (Å²) in [5, 5.41) is 13.2. The van der Waals surface area contributed by atoms with Crippen LogP contribution in [0.25, 0.3) is 0 Å². The molecule has 2 N–H and O–H groups in total. The Morgan fingerprint density at radius 1 is 1.03 bits per heavy atom. The Morgan fingerprint density at radius 3 is 2.53 bits per heavy atom. The molecule has 0 aliphatic heterocycles. The SMILES string of the molecule is CCOC(=O)CC(=O)Nc1cc(C)c(Oc2ccc(O)c(CCc3ccc(F)cc3)c2)c2c1CCC2. The van der Waals surface area contributed by atoms with E-state index in [1.165, 1.54) is 12.1 Å². The van der Waals surface area contributed by atoms with Crippen molar-refractivity contribution in [2.45, 2.75) is 52.4 Å². The first-order chi connectivity index (χ1) is 17.3. The fourth-order valence-electron chi connectivity index (χ4n) is 4.56. The first-order valence-electron chi connectivity index (χ1n) is 12.2. The van der Waals surface area contributed by atoms with Gasteiger partial charge in [0.2, 0.25) is 5.91 Å². The molecule has 0 aromatic heterocycles. The first-order valence-corrected chi connectivity index (χ1v) is 12.2. The predicted octanol–water partition coefficient (Wildman–Crippen LogP) is 5.80. The predicted molar refractivity (Wildman–Crippen MR) is 135 cm³/mol. The van der Waals surface area contributed by atoms with Gasteiger partial charge in [-0.15, -0.1) is 0 Å². The van der Waals surface area contributed by atoms with Crippen molar-refractivity contribution < 1.29 is 28.6 Å². The van der Waals surface area contributed by atoms with Crippen molar-refractivity contribution in [1.29, 1.82) is 0 Å². The molecule has 1 aliphatic carbocycles. The molecule has 0 atom stereocenters. The highest BCUT2D eigenvalue weighted by atomic mass is 19.1. The summed E-state index contributed by atoms with van der Waals surface area (Å²) >= 11 is 0. The maximum absolute atomic E-state index is 13.2. The van der Waals surface area contributed by atoms with Gasteiger partial charge in [-0.1, -0.05) is 12.1 Å². The molecule has 1 aliphatic rings. The van der Waals surface area contributed by atoms with Crippen molar-refractivity contribution in [3.8, 4) is 17.2 Å². The number of hydrogen-bond acceptors (Lipinski definition) is 5. The topological polar surface area (TPSA) is 84.9 Å². The van der Waals surface area contributed by atoms with E-state index in [4.69, 9.17) is 9.47 Å². The van der Waals surface area contributed by atoms with Gasteiger partial charge in [-0.05, 0) is 105 Å². The molecule has 0 spiro atoms. The van der Waals surface area contributed by atoms with Gasteiger partial charge in [0.25, 0.3) is 0 Å². The summed E-state index contributed by atoms with van der Waals surface area (Å²) in [5.74, 6) is 0.320. The second kappa shape index (κ2) is 11.2. The standard InChI is InChI=1S/C29H30FNO5/c1-3-35-28(34)17-27(33)31-25-15-18(2)29(24-6-4-5-23(24)25)36-22-13-14-26(32)20(16-22)10-7-19-8-11-21(30)12-9-19/h8-9,11-16,32H,3-7,10,17H2,1-2H3,(H,31,33). The van der Waals surface area contributed by atoms with Crippen molar-refractivity contribution >= 4 is 17.6 Å². The van der Waals surface area contributed by atoms with E-state index in [2.05, 4.69) is 5.32 Å². The molecule has 188 valence electrons. The molecule has 1 amide bonds. The minimum absolute atomic E-state index is 0.186. The van der Waals surface area contributed by atoms with Crippen LogP contribution in [-0.2, 0) is 40.0 Å². The van der Waals surface area contributed by atoms with Gasteiger partial charge in [-0.25, -0.2) is 4.39 Å². The number of carbonyl (C=O) groups is 2. The fourth-order valence-corrected chi connectivity index (χ4v) is 4.56. The van der Waals surface area contributed by atoms with E-state index >= 15 is 0 Å². The highest BCUT2D eigenvalue weighted by molar-refractivity contribution is 6.02. The minimum Gasteiger partial charge on any atom is -0.508 e. The Bertz CT molecular complexity index is 1270. The highest BCUT2D eigenvalue weighted by Gasteiger charge is 2.24. The molecule has 0 unspecified atom stereocenters. The van der Waals surface area contributed by atoms with Crippen LogP contribution in [0.1, 0.15) is 47.6 Å². The normalized spacial score (nSPS) is 12.2. The Labute approximate surface area is 210 Å². The van der Waals surface area contributed by atoms with E-state index < -0.39 is 11.9 Å². The van der Waals surface area contributed by atoms with Crippen LogP contribution in [0.15, 0.2) is 48.5 Å². The van der Waals surface area contributed by atoms with Crippen LogP contribution in [-0.4, -0.2) is 23.6 Å². The van der Waals surface area contributed by atoms with Gasteiger partial charge in [-0.2, -0.15) is 0 Å². The molecule has 36 heavy (non-hydrogen) atoms. The van der Waals surface area contributed by atoms with Gasteiger partial charge in [0.15, 0.2) is 0 Å². The van der Waals surface area contributed by atoms with Crippen molar-refractivity contribution in [1.82, 2.24) is 0 Å². The maximum Gasteiger partial charge on any atom is 0.315 e. The summed E-state index contributed by atoms with van der Waals surface area (Å²) in [6.07, 6.45) is 3.48. The van der Waals surface area contributed by atoms with E-state index in [1.807, 2.05) is 19.1 Å². The van der Waals surface area contributed by atoms with Crippen molar-refractivity contribution in [3.05, 3.63) is 82.2 Å². The van der Waals surface area contributed by atoms with Gasteiger partial charge in [0, 0.05) is 11.3 Å². The molecule has 0 fully saturated rings. The van der Waals surface area contributed by atoms with Crippen LogP contribution in [0.2, 0.25) is 0 Å². The number of aromatic hydroxyl groups is 1. The van der Waals surface area contributed by atoms with E-state index in [1.54, 1.807) is 31.2 Å². The third kappa shape index (κ3) is 6.03. The van der Waals surface area contributed by atoms with Crippen LogP contribution < -0.4 is 10.1 Å². The molecular weight excluding hydrogens is 461 g/mol. The van der Waals surface area contributed by atoms with E-state index in [9.17, 15) is 19.1 Å². The van der Waals surface area contributed by atoms with Gasteiger partial charge in [0.05, 0.1) is 6.61 Å². The lowest BCUT2D eigenvalue weighted by molar-refractivity contribution is -0.145. The minimum atomic E-state index is -0.550. The van der Waals surface area contributed by atoms with Gasteiger partial charge in [-0.3, -0.25) is 9.59 Å². The molecule has 0 heterocycles. The van der Waals surface area contributed by atoms with Gasteiger partial charge >= 0.3 is 5.97 Å². The number of carbonyl (C=O) groups excluding carboxylic acids is 2. The summed E-state index contributed by atoms with van der Waals surface area (Å²) < 4.78 is 24.4. The number of ether oxygens (including phenoxy) is 2. The number of phenolic OH excluding ortho intramolecular Hbond substituents is 1. The molecule has 0 saturated carbocycles. The number of rotatable bonds is 9. The Morgan fingerprint density at radius 2 is 1.78 bits per heavy atom. The second-order valence-electron chi connectivity index (χ2n) is 8.93. The van der Waals surface area contributed by atoms with Crippen LogP contribution in [0.5, 0.6) is 17.2 Å². The molecule has 0 bridgehead atoms. The summed E-state index contributed by atoms with van der Waals surface area (Å²) in [4.78, 5) is 24.0. The molecule has 3 aromatic rings. The molecule has 7 heteroatoms. The Kier molecular flexibility index (Phi) is 7.88. The average Bonchev–Trinajstić information content (AvgIpc) is 3.33. The number of anilines is 1. The van der Waals surface area contributed by atoms with E-state index in [0.29, 0.717) is 24.3 Å². The second-order valence-corrected chi connectivity index (χ2v) is 8.93. The summed E-state index contributed by atoms with van der Waals surface area (Å²) in [6.45, 7) is 3.86. The molecule has 4 rings (SSSR count). The highest BCUT2D eigenvalue weighted by Crippen LogP contribution is 2.41. The largest absolute Gasteiger partial charge is 0.508 e. The summed E-state index contributed by atoms with van der Waals surface area (Å²) in [6, 6.07) is 13.4. The smallest absolute Gasteiger partial charge is 0.315 e. The van der Waals surface area contributed by atoms with Gasteiger partial charge in [0.1, 0.15) is 29.5 Å². The van der Waals surface area contributed by atoms with Crippen LogP contribution in [0.3, 0.4) is 0 Å². The number of aryl methyl sites for hydroxylation is 3. The molecule has 0 radical (unpaired) electrons. The zero-order valence-electron chi connectivity index (χ0n) is 20.5. The van der Waals surface area contributed by atoms with Crippen LogP contribution in [0, 0.1) is 12.7 Å². The van der Waals surface area contributed by atoms with E-state index in [-0.39, 0.29) is 24.6 Å². The zero-order valence-corrected chi connectivity index (χ0v) is 20.5. The van der Waals surface area contributed by atoms with Crippen molar-refractivity contribution in [2.75, 3.05) is 11.9 Å². The van der Waals surface area contributed by atoms with Crippen molar-refractivity contribution in [3.63, 3.8) is 0 Å². The molecule has 0 saturated heterocycles. The molecule has 3 aromatic carbocycles. The zero-order chi connectivity index (χ0) is 25.7. The summed E-state index contributed by atoms with van der Waals surface area (Å²) in [7, 11) is 0. The number of esters is 1. The van der Waals surface area contributed by atoms with Crippen molar-refractivity contribution in [2.24, 2.45) is 0 Å². The fraction of sp³-hybridized carbons (Fsp3) is 0.310. The number of benzene rings is 3. The lowest BCUT2D eigenvalue weighted by Crippen LogP contribution is -2.19. The number of amides is 1. The lowest BCUT2D eigenvalue weighted by atomic mass is 10.0. The van der Waals surface area contributed by atoms with Gasteiger partial charge < -0.3 is 19.9 Å². The molecule has 6 nitrogen and oxygen atoms in total. The lowest BCUT2D eigenvalue weighted by Gasteiger charge is -2.18. The van der Waals surface area contributed by atoms with Crippen LogP contribution in [0.4, 0.5) is 10.1 Å². The maximum atomic E-state index is 13.2. The Balaban J connectivity index is 1.51. The Hall–Kier alpha value is -3.87. The number of hydrogen-bond donors (Lipinski definition) is 2. The quantitative estimate of drug-likeness (QED) is 0.292. The molecular formula is C29H30FNO5. The number of phenols is 1. The first kappa shape index (κ1) is 25.2. The average molecular weight is 492 g/mol. The van der Waals surface area contributed by atoms with Crippen LogP contribution >= 0.6 is 0 Å². The number of halogens is 1. The number of fused-ring (bicyclic) bond motifs is 1. The third-order valence-electron chi connectivity index (χ3n) is 6.29. The monoisotopic (exact) mass is 491 g/mol. The van der Waals surface area contributed by atoms with E-state index in [0.717, 1.165) is 52.8 Å². The third-order valence-corrected chi connectivity index (χ3v) is 6.29. The number of nitrogens with one attached hydrogen (secondary N) is 1.